The normalized spacial score (nSPS) is 20.5. The van der Waals surface area contributed by atoms with Gasteiger partial charge in [-0.05, 0) is 5.56 Å². The summed E-state index contributed by atoms with van der Waals surface area (Å²) >= 11 is 0. The van der Waals surface area contributed by atoms with E-state index in [1.165, 1.54) is 0 Å². The summed E-state index contributed by atoms with van der Waals surface area (Å²) in [5.74, 6) is -1.99. The van der Waals surface area contributed by atoms with Crippen LogP contribution in [0.4, 0.5) is 0 Å². The molecule has 0 aliphatic carbocycles. The van der Waals surface area contributed by atoms with Crippen molar-refractivity contribution in [1.29, 1.82) is 0 Å². The van der Waals surface area contributed by atoms with E-state index in [9.17, 15) is 18.0 Å². The molecule has 1 saturated heterocycles. The second kappa shape index (κ2) is 4.51. The molecule has 0 radical (unpaired) electrons. The van der Waals surface area contributed by atoms with Gasteiger partial charge in [0.15, 0.2) is 0 Å². The maximum Gasteiger partial charge on any atom is 0.285 e. The lowest BCUT2D eigenvalue weighted by atomic mass is 9.98. The average molecular weight is 269 g/mol. The number of imide groups is 1. The number of rotatable bonds is 3. The van der Waals surface area contributed by atoms with Crippen LogP contribution in [0.2, 0.25) is 0 Å². The Labute approximate surface area is 104 Å². The summed E-state index contributed by atoms with van der Waals surface area (Å²) in [7, 11) is -3.89. The van der Waals surface area contributed by atoms with Gasteiger partial charge in [-0.1, -0.05) is 30.3 Å². The first-order chi connectivity index (χ1) is 8.38. The molecule has 18 heavy (non-hydrogen) atoms. The number of carbonyl (C=O) groups excluding carboxylic acids is 2. The first-order valence-electron chi connectivity index (χ1n) is 5.20. The lowest BCUT2D eigenvalue weighted by Crippen LogP contribution is -2.32. The van der Waals surface area contributed by atoms with Gasteiger partial charge in [0.25, 0.3) is 21.9 Å². The van der Waals surface area contributed by atoms with Gasteiger partial charge in [0.1, 0.15) is 0 Å². The lowest BCUT2D eigenvalue weighted by molar-refractivity contribution is -0.164. The summed E-state index contributed by atoms with van der Waals surface area (Å²) in [6, 6.07) is 8.69. The van der Waals surface area contributed by atoms with E-state index >= 15 is 0 Å². The van der Waals surface area contributed by atoms with Crippen LogP contribution in [0.25, 0.3) is 0 Å². The molecule has 6 nitrogen and oxygen atoms in total. The first kappa shape index (κ1) is 12.7. The number of carbonyl (C=O) groups is 2. The fourth-order valence-electron chi connectivity index (χ4n) is 1.77. The summed E-state index contributed by atoms with van der Waals surface area (Å²) < 4.78 is 26.3. The monoisotopic (exact) mass is 269 g/mol. The van der Waals surface area contributed by atoms with E-state index in [0.29, 0.717) is 10.6 Å². The van der Waals surface area contributed by atoms with Crippen LogP contribution in [0, 0.1) is 0 Å². The Morgan fingerprint density at radius 3 is 2.39 bits per heavy atom. The average Bonchev–Trinajstić information content (AvgIpc) is 2.56. The van der Waals surface area contributed by atoms with Crippen molar-refractivity contribution in [3.8, 4) is 0 Å². The Morgan fingerprint density at radius 1 is 1.22 bits per heavy atom. The summed E-state index contributed by atoms with van der Waals surface area (Å²) in [6.45, 7) is 0. The molecule has 0 spiro atoms. The number of amides is 2. The van der Waals surface area contributed by atoms with Crippen LogP contribution in [0.3, 0.4) is 0 Å². The molecule has 2 rings (SSSR count). The third-order valence-corrected chi connectivity index (χ3v) is 2.94. The zero-order valence-corrected chi connectivity index (χ0v) is 10.4. The topological polar surface area (TPSA) is 80.8 Å². The third-order valence-electron chi connectivity index (χ3n) is 2.52. The van der Waals surface area contributed by atoms with Crippen molar-refractivity contribution in [3.63, 3.8) is 0 Å². The molecule has 1 heterocycles. The molecule has 0 bridgehead atoms. The molecule has 1 unspecified atom stereocenters. The van der Waals surface area contributed by atoms with Gasteiger partial charge in [-0.15, -0.1) is 9.35 Å². The maximum absolute atomic E-state index is 11.9. The van der Waals surface area contributed by atoms with Crippen LogP contribution < -0.4 is 0 Å². The third kappa shape index (κ3) is 2.57. The molecule has 7 heteroatoms. The van der Waals surface area contributed by atoms with Gasteiger partial charge >= 0.3 is 0 Å². The molecule has 1 fully saturated rings. The molecule has 0 saturated carbocycles. The standard InChI is InChI=1S/C11H11NO5S/c1-18(15,16)17-12-10(13)7-9(11(12)14)8-5-3-2-4-6-8/h2-6,9H,7H2,1H3. The quantitative estimate of drug-likeness (QED) is 0.743. The summed E-state index contributed by atoms with van der Waals surface area (Å²) in [5, 5.41) is 0.326. The van der Waals surface area contributed by atoms with Crippen molar-refractivity contribution in [1.82, 2.24) is 5.06 Å². The molecule has 96 valence electrons. The van der Waals surface area contributed by atoms with Crippen molar-refractivity contribution in [3.05, 3.63) is 35.9 Å². The van der Waals surface area contributed by atoms with E-state index in [4.69, 9.17) is 0 Å². The highest BCUT2D eigenvalue weighted by molar-refractivity contribution is 7.85. The molecule has 1 aliphatic heterocycles. The second-order valence-electron chi connectivity index (χ2n) is 3.97. The Kier molecular flexibility index (Phi) is 3.18. The molecular formula is C11H11NO5S. The maximum atomic E-state index is 11.9. The van der Waals surface area contributed by atoms with Gasteiger partial charge in [-0.3, -0.25) is 9.59 Å². The highest BCUT2D eigenvalue weighted by Gasteiger charge is 2.42. The smallest absolute Gasteiger partial charge is 0.272 e. The largest absolute Gasteiger partial charge is 0.285 e. The molecule has 1 aromatic rings. The van der Waals surface area contributed by atoms with Crippen LogP contribution in [-0.4, -0.2) is 31.6 Å². The second-order valence-corrected chi connectivity index (χ2v) is 5.53. The highest BCUT2D eigenvalue weighted by atomic mass is 32.2. The molecule has 2 amide bonds. The number of hydrogen-bond donors (Lipinski definition) is 0. The van der Waals surface area contributed by atoms with Gasteiger partial charge in [-0.25, -0.2) is 0 Å². The zero-order valence-electron chi connectivity index (χ0n) is 9.57. The van der Waals surface area contributed by atoms with Crippen molar-refractivity contribution in [2.45, 2.75) is 12.3 Å². The molecule has 1 atom stereocenters. The number of hydrogen-bond acceptors (Lipinski definition) is 5. The van der Waals surface area contributed by atoms with Gasteiger partial charge in [0.05, 0.1) is 12.2 Å². The van der Waals surface area contributed by atoms with E-state index < -0.39 is 27.9 Å². The molecular weight excluding hydrogens is 258 g/mol. The zero-order chi connectivity index (χ0) is 13.3. The molecule has 1 aromatic carbocycles. The van der Waals surface area contributed by atoms with Crippen LogP contribution in [0.5, 0.6) is 0 Å². The van der Waals surface area contributed by atoms with Crippen molar-refractivity contribution in [2.75, 3.05) is 6.26 Å². The van der Waals surface area contributed by atoms with E-state index in [1.54, 1.807) is 30.3 Å². The number of benzene rings is 1. The minimum atomic E-state index is -3.89. The number of hydroxylamine groups is 2. The first-order valence-corrected chi connectivity index (χ1v) is 7.01. The Balaban J connectivity index is 2.25. The molecule has 0 N–H and O–H groups in total. The summed E-state index contributed by atoms with van der Waals surface area (Å²) in [5.41, 5.74) is 0.662. The summed E-state index contributed by atoms with van der Waals surface area (Å²) in [4.78, 5) is 23.5. The summed E-state index contributed by atoms with van der Waals surface area (Å²) in [6.07, 6.45) is 0.696. The SMILES string of the molecule is CS(=O)(=O)ON1C(=O)CC(c2ccccc2)C1=O. The van der Waals surface area contributed by atoms with Crippen molar-refractivity contribution in [2.24, 2.45) is 0 Å². The van der Waals surface area contributed by atoms with Crippen molar-refractivity contribution >= 4 is 21.9 Å². The Morgan fingerprint density at radius 2 is 1.83 bits per heavy atom. The fraction of sp³-hybridized carbons (Fsp3) is 0.273. The van der Waals surface area contributed by atoms with E-state index in [0.717, 1.165) is 6.26 Å². The Hall–Kier alpha value is -1.73. The van der Waals surface area contributed by atoms with Crippen LogP contribution in [-0.2, 0) is 24.0 Å². The predicted octanol–water partition coefficient (Wildman–Crippen LogP) is 0.420. The van der Waals surface area contributed by atoms with Crippen LogP contribution in [0.15, 0.2) is 30.3 Å². The fourth-order valence-corrected chi connectivity index (χ4v) is 2.20. The van der Waals surface area contributed by atoms with E-state index in [-0.39, 0.29) is 6.42 Å². The Bertz CT molecular complexity index is 581. The van der Waals surface area contributed by atoms with Crippen LogP contribution in [0.1, 0.15) is 17.9 Å². The number of nitrogens with zero attached hydrogens (tertiary/aromatic N) is 1. The van der Waals surface area contributed by atoms with Gasteiger partial charge in [0.2, 0.25) is 0 Å². The minimum Gasteiger partial charge on any atom is -0.272 e. The molecule has 1 aliphatic rings. The predicted molar refractivity (Wildman–Crippen MR) is 61.6 cm³/mol. The van der Waals surface area contributed by atoms with Gasteiger partial charge in [-0.2, -0.15) is 8.42 Å². The van der Waals surface area contributed by atoms with Crippen LogP contribution >= 0.6 is 0 Å². The van der Waals surface area contributed by atoms with Crippen molar-refractivity contribution < 1.29 is 22.3 Å². The highest BCUT2D eigenvalue weighted by Crippen LogP contribution is 2.29. The van der Waals surface area contributed by atoms with E-state index in [2.05, 4.69) is 4.28 Å². The lowest BCUT2D eigenvalue weighted by Gasteiger charge is -2.12. The minimum absolute atomic E-state index is 0.0850. The van der Waals surface area contributed by atoms with Gasteiger partial charge < -0.3 is 0 Å². The molecule has 0 aromatic heterocycles. The van der Waals surface area contributed by atoms with Gasteiger partial charge in [0, 0.05) is 6.42 Å². The van der Waals surface area contributed by atoms with E-state index in [1.807, 2.05) is 0 Å².